The quantitative estimate of drug-likeness (QED) is 0.514. The third-order valence-corrected chi connectivity index (χ3v) is 6.39. The van der Waals surface area contributed by atoms with Crippen molar-refractivity contribution in [2.45, 2.75) is 26.7 Å². The molecule has 0 spiro atoms. The van der Waals surface area contributed by atoms with E-state index in [9.17, 15) is 18.4 Å². The van der Waals surface area contributed by atoms with E-state index in [2.05, 4.69) is 0 Å². The first kappa shape index (κ1) is 21.1. The number of carbonyl (C=O) groups excluding carboxylic acids is 2. The molecule has 4 nitrogen and oxygen atoms in total. The van der Waals surface area contributed by atoms with E-state index in [1.165, 1.54) is 0 Å². The number of halogens is 2. The number of aryl methyl sites for hydroxylation is 3. The predicted octanol–water partition coefficient (Wildman–Crippen LogP) is 5.32. The third kappa shape index (κ3) is 3.42. The molecule has 2 aliphatic rings. The molecule has 0 fully saturated rings. The summed E-state index contributed by atoms with van der Waals surface area (Å²) in [6.07, 6.45) is 1.68. The van der Waals surface area contributed by atoms with Crippen LogP contribution in [-0.2, 0) is 16.0 Å². The molecule has 33 heavy (non-hydrogen) atoms. The Morgan fingerprint density at radius 1 is 0.818 bits per heavy atom. The molecule has 0 saturated carbocycles. The zero-order chi connectivity index (χ0) is 23.3. The number of rotatable bonds is 3. The zero-order valence-electron chi connectivity index (χ0n) is 18.4. The number of carbonyl (C=O) groups is 2. The highest BCUT2D eigenvalue weighted by Crippen LogP contribution is 2.40. The Kier molecular flexibility index (Phi) is 5.08. The molecule has 5 rings (SSSR count). The van der Waals surface area contributed by atoms with Crippen LogP contribution in [0.2, 0.25) is 0 Å². The van der Waals surface area contributed by atoms with Gasteiger partial charge in [0, 0.05) is 18.3 Å². The SMILES string of the molecule is Cc1ccc(C2=C(N3CCCc4ccccc43)C(=O)N(c3ccc(F)cc3F)C2=O)cc1C. The first-order valence-corrected chi connectivity index (χ1v) is 10.9. The van der Waals surface area contributed by atoms with Gasteiger partial charge < -0.3 is 4.90 Å². The second kappa shape index (κ2) is 7.96. The highest BCUT2D eigenvalue weighted by molar-refractivity contribution is 6.46. The predicted molar refractivity (Wildman–Crippen MR) is 124 cm³/mol. The van der Waals surface area contributed by atoms with Crippen molar-refractivity contribution in [2.24, 2.45) is 0 Å². The lowest BCUT2D eigenvalue weighted by Gasteiger charge is -2.32. The summed E-state index contributed by atoms with van der Waals surface area (Å²) < 4.78 is 28.2. The molecule has 2 amide bonds. The molecular weight excluding hydrogens is 422 g/mol. The normalized spacial score (nSPS) is 16.0. The maximum Gasteiger partial charge on any atom is 0.282 e. The lowest BCUT2D eigenvalue weighted by molar-refractivity contribution is -0.120. The molecule has 0 unspecified atom stereocenters. The first-order valence-electron chi connectivity index (χ1n) is 10.9. The number of benzene rings is 3. The molecule has 0 aliphatic carbocycles. The molecule has 0 N–H and O–H groups in total. The minimum atomic E-state index is -0.962. The van der Waals surface area contributed by atoms with Crippen LogP contribution < -0.4 is 9.80 Å². The van der Waals surface area contributed by atoms with Crippen LogP contribution in [0, 0.1) is 25.5 Å². The van der Waals surface area contributed by atoms with Gasteiger partial charge >= 0.3 is 0 Å². The summed E-state index contributed by atoms with van der Waals surface area (Å²) in [5, 5.41) is 0. The van der Waals surface area contributed by atoms with Crippen molar-refractivity contribution in [3.8, 4) is 0 Å². The van der Waals surface area contributed by atoms with Crippen LogP contribution in [-0.4, -0.2) is 18.4 Å². The summed E-state index contributed by atoms with van der Waals surface area (Å²) >= 11 is 0. The van der Waals surface area contributed by atoms with Gasteiger partial charge in [0.25, 0.3) is 11.8 Å². The lowest BCUT2D eigenvalue weighted by Crippen LogP contribution is -2.37. The van der Waals surface area contributed by atoms with Crippen LogP contribution in [0.15, 0.2) is 66.4 Å². The molecule has 3 aromatic rings. The minimum Gasteiger partial charge on any atom is -0.336 e. The van der Waals surface area contributed by atoms with Crippen LogP contribution in [0.3, 0.4) is 0 Å². The van der Waals surface area contributed by atoms with Gasteiger partial charge in [0.05, 0.1) is 11.3 Å². The van der Waals surface area contributed by atoms with Crippen molar-refractivity contribution >= 4 is 28.8 Å². The lowest BCUT2D eigenvalue weighted by atomic mass is 9.97. The van der Waals surface area contributed by atoms with E-state index in [-0.39, 0.29) is 17.0 Å². The van der Waals surface area contributed by atoms with Gasteiger partial charge in [-0.2, -0.15) is 0 Å². The van der Waals surface area contributed by atoms with Crippen molar-refractivity contribution in [3.05, 3.63) is 100 Å². The van der Waals surface area contributed by atoms with Gasteiger partial charge in [-0.1, -0.05) is 36.4 Å². The summed E-state index contributed by atoms with van der Waals surface area (Å²) in [6.45, 7) is 4.46. The van der Waals surface area contributed by atoms with Gasteiger partial charge in [0.2, 0.25) is 0 Å². The minimum absolute atomic E-state index is 0.221. The van der Waals surface area contributed by atoms with Gasteiger partial charge in [-0.25, -0.2) is 13.7 Å². The molecule has 6 heteroatoms. The number of amides is 2. The zero-order valence-corrected chi connectivity index (χ0v) is 18.4. The summed E-state index contributed by atoms with van der Waals surface area (Å²) in [5.74, 6) is -2.97. The number of hydrogen-bond acceptors (Lipinski definition) is 3. The Balaban J connectivity index is 1.72. The van der Waals surface area contributed by atoms with E-state index < -0.39 is 23.4 Å². The van der Waals surface area contributed by atoms with Crippen molar-refractivity contribution in [1.82, 2.24) is 0 Å². The fourth-order valence-corrected chi connectivity index (χ4v) is 4.57. The molecule has 0 aromatic heterocycles. The largest absolute Gasteiger partial charge is 0.336 e. The summed E-state index contributed by atoms with van der Waals surface area (Å²) in [6, 6.07) is 16.2. The highest BCUT2D eigenvalue weighted by atomic mass is 19.1. The third-order valence-electron chi connectivity index (χ3n) is 6.39. The van der Waals surface area contributed by atoms with Crippen molar-refractivity contribution in [2.75, 3.05) is 16.3 Å². The Morgan fingerprint density at radius 3 is 2.36 bits per heavy atom. The standard InChI is InChI=1S/C27H22F2N2O2/c1-16-9-10-19(14-17(16)2)24-25(30-13-5-7-18-6-3-4-8-22(18)30)27(33)31(26(24)32)23-12-11-20(28)15-21(23)29/h3-4,6,8-12,14-15H,5,7,13H2,1-2H3. The summed E-state index contributed by atoms with van der Waals surface area (Å²) in [7, 11) is 0. The van der Waals surface area contributed by atoms with E-state index in [4.69, 9.17) is 0 Å². The summed E-state index contributed by atoms with van der Waals surface area (Å²) in [4.78, 5) is 30.1. The smallest absolute Gasteiger partial charge is 0.282 e. The van der Waals surface area contributed by atoms with Gasteiger partial charge in [0.15, 0.2) is 0 Å². The van der Waals surface area contributed by atoms with E-state index in [0.717, 1.165) is 52.3 Å². The molecule has 166 valence electrons. The number of para-hydroxylation sites is 1. The second-order valence-electron chi connectivity index (χ2n) is 8.45. The first-order chi connectivity index (χ1) is 15.9. The Morgan fingerprint density at radius 2 is 1.61 bits per heavy atom. The monoisotopic (exact) mass is 444 g/mol. The second-order valence-corrected chi connectivity index (χ2v) is 8.45. The Hall–Kier alpha value is -3.80. The number of anilines is 2. The molecule has 2 aliphatic heterocycles. The Labute approximate surface area is 190 Å². The molecule has 0 atom stereocenters. The van der Waals surface area contributed by atoms with Crippen LogP contribution in [0.1, 0.15) is 28.7 Å². The number of hydrogen-bond donors (Lipinski definition) is 0. The van der Waals surface area contributed by atoms with E-state index in [1.54, 1.807) is 0 Å². The van der Waals surface area contributed by atoms with Crippen molar-refractivity contribution < 1.29 is 18.4 Å². The number of nitrogens with zero attached hydrogens (tertiary/aromatic N) is 2. The van der Waals surface area contributed by atoms with E-state index in [1.807, 2.05) is 61.2 Å². The fourth-order valence-electron chi connectivity index (χ4n) is 4.57. The van der Waals surface area contributed by atoms with Crippen molar-refractivity contribution in [3.63, 3.8) is 0 Å². The highest BCUT2D eigenvalue weighted by Gasteiger charge is 2.44. The van der Waals surface area contributed by atoms with Crippen LogP contribution in [0.5, 0.6) is 0 Å². The van der Waals surface area contributed by atoms with Gasteiger partial charge in [-0.05, 0) is 67.1 Å². The maximum atomic E-state index is 14.7. The van der Waals surface area contributed by atoms with Crippen molar-refractivity contribution in [1.29, 1.82) is 0 Å². The van der Waals surface area contributed by atoms with Gasteiger partial charge in [0.1, 0.15) is 17.3 Å². The molecule has 0 saturated heterocycles. The van der Waals surface area contributed by atoms with Crippen LogP contribution >= 0.6 is 0 Å². The molecule has 0 radical (unpaired) electrons. The van der Waals surface area contributed by atoms with Crippen LogP contribution in [0.4, 0.5) is 20.2 Å². The molecule has 0 bridgehead atoms. The van der Waals surface area contributed by atoms with E-state index in [0.29, 0.717) is 18.2 Å². The van der Waals surface area contributed by atoms with E-state index >= 15 is 0 Å². The topological polar surface area (TPSA) is 40.6 Å². The molecule has 3 aromatic carbocycles. The fraction of sp³-hybridized carbons (Fsp3) is 0.185. The van der Waals surface area contributed by atoms with Gasteiger partial charge in [-0.3, -0.25) is 9.59 Å². The number of fused-ring (bicyclic) bond motifs is 1. The summed E-state index contributed by atoms with van der Waals surface area (Å²) in [5.41, 5.74) is 4.77. The van der Waals surface area contributed by atoms with Gasteiger partial charge in [-0.15, -0.1) is 0 Å². The molecule has 2 heterocycles. The number of imide groups is 1. The Bertz CT molecular complexity index is 1350. The average Bonchev–Trinajstić information content (AvgIpc) is 3.05. The molecular formula is C27H22F2N2O2. The van der Waals surface area contributed by atoms with Crippen LogP contribution in [0.25, 0.3) is 5.57 Å². The average molecular weight is 444 g/mol. The maximum absolute atomic E-state index is 14.7.